The third-order valence-electron chi connectivity index (χ3n) is 4.77. The Morgan fingerprint density at radius 1 is 1.07 bits per heavy atom. The van der Waals surface area contributed by atoms with Gasteiger partial charge in [-0.2, -0.15) is 5.10 Å². The largest absolute Gasteiger partial charge is 0.508 e. The van der Waals surface area contributed by atoms with Gasteiger partial charge in [-0.05, 0) is 35.9 Å². The topological polar surface area (TPSA) is 70.6 Å². The zero-order chi connectivity index (χ0) is 19.1. The van der Waals surface area contributed by atoms with Crippen LogP contribution < -0.4 is 15.2 Å². The van der Waals surface area contributed by atoms with Crippen LogP contribution in [0.1, 0.15) is 11.1 Å². The summed E-state index contributed by atoms with van der Waals surface area (Å²) in [7, 11) is 0. The molecule has 1 aliphatic heterocycles. The molecule has 4 N–H and O–H groups in total. The lowest BCUT2D eigenvalue weighted by Crippen LogP contribution is -3.28. The summed E-state index contributed by atoms with van der Waals surface area (Å²) in [5.41, 5.74) is 4.57. The maximum Gasteiger partial charge on any atom is 0.295 e. The number of nitrogens with one attached hydrogen (secondary N) is 3. The SMILES string of the molecule is O=C(C[NH+]1CC[NH+](Cc2ccccc2Cl)CC1)N/N=C/c1ccc(O)cc1. The third kappa shape index (κ3) is 6.06. The van der Waals surface area contributed by atoms with E-state index in [1.165, 1.54) is 15.4 Å². The Balaban J connectivity index is 1.39. The number of amides is 1. The number of halogens is 1. The number of carbonyl (C=O) groups is 1. The van der Waals surface area contributed by atoms with Crippen molar-refractivity contribution in [1.82, 2.24) is 5.43 Å². The van der Waals surface area contributed by atoms with Crippen molar-refractivity contribution in [2.45, 2.75) is 6.54 Å². The smallest absolute Gasteiger partial charge is 0.295 e. The number of benzene rings is 2. The van der Waals surface area contributed by atoms with E-state index in [2.05, 4.69) is 16.6 Å². The second-order valence-electron chi connectivity index (χ2n) is 6.83. The van der Waals surface area contributed by atoms with Gasteiger partial charge in [-0.15, -0.1) is 0 Å². The molecule has 0 atom stereocenters. The summed E-state index contributed by atoms with van der Waals surface area (Å²) in [6, 6.07) is 14.6. The average Bonchev–Trinajstić information content (AvgIpc) is 2.67. The van der Waals surface area contributed by atoms with E-state index in [1.54, 1.807) is 30.5 Å². The number of hydrazone groups is 1. The van der Waals surface area contributed by atoms with Crippen molar-refractivity contribution >= 4 is 23.7 Å². The maximum absolute atomic E-state index is 12.1. The summed E-state index contributed by atoms with van der Waals surface area (Å²) < 4.78 is 0. The molecule has 1 fully saturated rings. The summed E-state index contributed by atoms with van der Waals surface area (Å²) in [6.07, 6.45) is 1.57. The Labute approximate surface area is 164 Å². The Morgan fingerprint density at radius 3 is 2.44 bits per heavy atom. The molecule has 0 aromatic heterocycles. The maximum atomic E-state index is 12.1. The van der Waals surface area contributed by atoms with E-state index < -0.39 is 0 Å². The standard InChI is InChI=1S/C20H23ClN4O2/c21-19-4-2-1-3-17(19)14-24-9-11-25(12-10-24)15-20(27)23-22-13-16-5-7-18(26)8-6-16/h1-8,13,26H,9-12,14-15H2,(H,23,27)/p+2/b22-13+. The highest BCUT2D eigenvalue weighted by Crippen LogP contribution is 2.13. The first kappa shape index (κ1) is 19.4. The summed E-state index contributed by atoms with van der Waals surface area (Å²) in [5, 5.41) is 14.0. The van der Waals surface area contributed by atoms with E-state index in [9.17, 15) is 9.90 Å². The number of rotatable bonds is 6. The predicted molar refractivity (Wildman–Crippen MR) is 105 cm³/mol. The van der Waals surface area contributed by atoms with Crippen LogP contribution >= 0.6 is 11.6 Å². The molecule has 0 bridgehead atoms. The van der Waals surface area contributed by atoms with E-state index in [0.717, 1.165) is 43.3 Å². The van der Waals surface area contributed by atoms with Gasteiger partial charge in [0, 0.05) is 10.6 Å². The number of carbonyl (C=O) groups excluding carboxylic acids is 1. The van der Waals surface area contributed by atoms with Crippen LogP contribution in [0.2, 0.25) is 5.02 Å². The van der Waals surface area contributed by atoms with E-state index in [4.69, 9.17) is 11.6 Å². The van der Waals surface area contributed by atoms with Crippen molar-refractivity contribution in [3.8, 4) is 5.75 Å². The van der Waals surface area contributed by atoms with Crippen LogP contribution in [0.4, 0.5) is 0 Å². The Kier molecular flexibility index (Phi) is 6.81. The molecule has 3 rings (SSSR count). The Hall–Kier alpha value is -2.41. The molecule has 1 aliphatic rings. The lowest BCUT2D eigenvalue weighted by molar-refractivity contribution is -1.02. The van der Waals surface area contributed by atoms with Crippen LogP contribution in [-0.2, 0) is 11.3 Å². The molecule has 0 aliphatic carbocycles. The highest BCUT2D eigenvalue weighted by Gasteiger charge is 2.25. The van der Waals surface area contributed by atoms with Gasteiger partial charge in [-0.25, -0.2) is 5.43 Å². The zero-order valence-corrected chi connectivity index (χ0v) is 15.9. The van der Waals surface area contributed by atoms with Crippen LogP contribution in [-0.4, -0.2) is 50.0 Å². The van der Waals surface area contributed by atoms with Gasteiger partial charge in [0.25, 0.3) is 5.91 Å². The van der Waals surface area contributed by atoms with Gasteiger partial charge >= 0.3 is 0 Å². The first-order valence-corrected chi connectivity index (χ1v) is 9.49. The van der Waals surface area contributed by atoms with Gasteiger partial charge in [-0.3, -0.25) is 4.79 Å². The number of quaternary nitrogens is 2. The molecule has 0 unspecified atom stereocenters. The summed E-state index contributed by atoms with van der Waals surface area (Å²) >= 11 is 6.24. The first-order chi connectivity index (χ1) is 13.1. The van der Waals surface area contributed by atoms with Gasteiger partial charge in [0.2, 0.25) is 0 Å². The van der Waals surface area contributed by atoms with Gasteiger partial charge < -0.3 is 14.9 Å². The van der Waals surface area contributed by atoms with Gasteiger partial charge in [0.1, 0.15) is 38.5 Å². The number of hydrogen-bond acceptors (Lipinski definition) is 3. The zero-order valence-electron chi connectivity index (χ0n) is 15.1. The minimum absolute atomic E-state index is 0.0883. The van der Waals surface area contributed by atoms with Crippen molar-refractivity contribution in [1.29, 1.82) is 0 Å². The summed E-state index contributed by atoms with van der Waals surface area (Å²) in [4.78, 5) is 14.8. The number of nitrogens with zero attached hydrogens (tertiary/aromatic N) is 1. The molecular weight excluding hydrogens is 364 g/mol. The molecule has 0 radical (unpaired) electrons. The van der Waals surface area contributed by atoms with Crippen molar-refractivity contribution in [2.75, 3.05) is 32.7 Å². The first-order valence-electron chi connectivity index (χ1n) is 9.11. The fraction of sp³-hybridized carbons (Fsp3) is 0.300. The molecule has 1 amide bonds. The molecule has 1 saturated heterocycles. The molecule has 0 spiro atoms. The minimum atomic E-state index is -0.0883. The molecule has 27 heavy (non-hydrogen) atoms. The lowest BCUT2D eigenvalue weighted by atomic mass is 10.2. The summed E-state index contributed by atoms with van der Waals surface area (Å²) in [5.74, 6) is 0.116. The Bertz CT molecular complexity index is 787. The molecule has 142 valence electrons. The van der Waals surface area contributed by atoms with Crippen LogP contribution in [0.5, 0.6) is 5.75 Å². The molecule has 2 aromatic rings. The quantitative estimate of drug-likeness (QED) is 0.397. The number of hydrogen-bond donors (Lipinski definition) is 4. The van der Waals surface area contributed by atoms with Crippen molar-refractivity contribution in [3.05, 3.63) is 64.7 Å². The number of phenols is 1. The van der Waals surface area contributed by atoms with Crippen LogP contribution in [0.15, 0.2) is 53.6 Å². The van der Waals surface area contributed by atoms with E-state index in [0.29, 0.717) is 6.54 Å². The number of phenolic OH excluding ortho intramolecular Hbond substituents is 1. The molecule has 6 nitrogen and oxygen atoms in total. The lowest BCUT2D eigenvalue weighted by Gasteiger charge is -2.29. The van der Waals surface area contributed by atoms with E-state index in [-0.39, 0.29) is 11.7 Å². The monoisotopic (exact) mass is 388 g/mol. The normalized spacial score (nSPS) is 19.9. The summed E-state index contributed by atoms with van der Waals surface area (Å²) in [6.45, 7) is 5.29. The number of piperazine rings is 1. The third-order valence-corrected chi connectivity index (χ3v) is 5.14. The van der Waals surface area contributed by atoms with Gasteiger partial charge in [0.15, 0.2) is 6.54 Å². The van der Waals surface area contributed by atoms with Gasteiger partial charge in [-0.1, -0.05) is 29.8 Å². The van der Waals surface area contributed by atoms with Crippen LogP contribution in [0, 0.1) is 0 Å². The molecular formula is C20H25ClN4O2+2. The second-order valence-corrected chi connectivity index (χ2v) is 7.24. The van der Waals surface area contributed by atoms with Crippen molar-refractivity contribution in [2.24, 2.45) is 5.10 Å². The number of aromatic hydroxyl groups is 1. The van der Waals surface area contributed by atoms with Crippen molar-refractivity contribution < 1.29 is 19.7 Å². The van der Waals surface area contributed by atoms with E-state index in [1.807, 2.05) is 18.2 Å². The highest BCUT2D eigenvalue weighted by molar-refractivity contribution is 6.31. The molecule has 1 heterocycles. The molecule has 7 heteroatoms. The Morgan fingerprint density at radius 2 is 1.74 bits per heavy atom. The van der Waals surface area contributed by atoms with Crippen LogP contribution in [0.25, 0.3) is 0 Å². The molecule has 2 aromatic carbocycles. The second kappa shape index (κ2) is 9.50. The highest BCUT2D eigenvalue weighted by atomic mass is 35.5. The fourth-order valence-corrected chi connectivity index (χ4v) is 3.43. The van der Waals surface area contributed by atoms with Crippen molar-refractivity contribution in [3.63, 3.8) is 0 Å². The van der Waals surface area contributed by atoms with Crippen LogP contribution in [0.3, 0.4) is 0 Å². The average molecular weight is 389 g/mol. The fourth-order valence-electron chi connectivity index (χ4n) is 3.23. The van der Waals surface area contributed by atoms with Gasteiger partial charge in [0.05, 0.1) is 6.21 Å². The predicted octanol–water partition coefficient (Wildman–Crippen LogP) is -0.521. The molecule has 0 saturated carbocycles. The van der Waals surface area contributed by atoms with E-state index >= 15 is 0 Å². The minimum Gasteiger partial charge on any atom is -0.508 e.